The number of hydrogen-bond acceptors (Lipinski definition) is 4. The lowest BCUT2D eigenvalue weighted by atomic mass is 9.80. The van der Waals surface area contributed by atoms with Crippen molar-refractivity contribution in [1.82, 2.24) is 5.32 Å². The standard InChI is InChI=1S/C18H21NO5/c1-12(15-10-13-4-2-3-5-14(13)24-15)16(20)19-11-18(17(21)22)6-8-23-9-7-18/h2-5,10,12H,6-9,11H2,1H3,(H,19,20)(H,21,22). The van der Waals surface area contributed by atoms with E-state index < -0.39 is 17.3 Å². The molecule has 6 nitrogen and oxygen atoms in total. The van der Waals surface area contributed by atoms with E-state index >= 15 is 0 Å². The van der Waals surface area contributed by atoms with Gasteiger partial charge in [0.05, 0.1) is 11.3 Å². The van der Waals surface area contributed by atoms with E-state index in [4.69, 9.17) is 9.15 Å². The Kier molecular flexibility index (Phi) is 4.57. The molecule has 6 heteroatoms. The number of fused-ring (bicyclic) bond motifs is 1. The predicted octanol–water partition coefficient (Wildman–Crippen LogP) is 2.53. The van der Waals surface area contributed by atoms with Crippen LogP contribution in [0.3, 0.4) is 0 Å². The van der Waals surface area contributed by atoms with Gasteiger partial charge in [0.15, 0.2) is 0 Å². The molecule has 1 fully saturated rings. The van der Waals surface area contributed by atoms with Gasteiger partial charge in [0.2, 0.25) is 5.91 Å². The molecule has 2 aromatic rings. The van der Waals surface area contributed by atoms with Gasteiger partial charge in [-0.1, -0.05) is 18.2 Å². The molecular formula is C18H21NO5. The monoisotopic (exact) mass is 331 g/mol. The first-order valence-electron chi connectivity index (χ1n) is 8.09. The first-order valence-corrected chi connectivity index (χ1v) is 8.09. The van der Waals surface area contributed by atoms with Crippen LogP contribution in [0.5, 0.6) is 0 Å². The number of carboxylic acid groups (broad SMARTS) is 1. The minimum absolute atomic E-state index is 0.106. The minimum atomic E-state index is -0.943. The number of ether oxygens (including phenoxy) is 1. The van der Waals surface area contributed by atoms with Gasteiger partial charge in [-0.15, -0.1) is 0 Å². The Balaban J connectivity index is 1.68. The number of aliphatic carboxylic acids is 1. The molecule has 1 amide bonds. The SMILES string of the molecule is CC(C(=O)NCC1(C(=O)O)CCOCC1)c1cc2ccccc2o1. The van der Waals surface area contributed by atoms with Gasteiger partial charge < -0.3 is 19.6 Å². The molecule has 24 heavy (non-hydrogen) atoms. The number of nitrogens with one attached hydrogen (secondary N) is 1. The van der Waals surface area contributed by atoms with E-state index in [1.54, 1.807) is 6.92 Å². The Bertz CT molecular complexity index is 712. The maximum absolute atomic E-state index is 12.4. The Morgan fingerprint density at radius 3 is 2.67 bits per heavy atom. The van der Waals surface area contributed by atoms with Gasteiger partial charge in [-0.05, 0) is 31.9 Å². The van der Waals surface area contributed by atoms with Crippen LogP contribution in [0.2, 0.25) is 0 Å². The van der Waals surface area contributed by atoms with E-state index in [1.807, 2.05) is 30.3 Å². The summed E-state index contributed by atoms with van der Waals surface area (Å²) in [5.41, 5.74) is -0.208. The first-order chi connectivity index (χ1) is 11.5. The van der Waals surface area contributed by atoms with Gasteiger partial charge in [0.1, 0.15) is 11.3 Å². The van der Waals surface area contributed by atoms with Gasteiger partial charge in [-0.25, -0.2) is 0 Å². The second-order valence-electron chi connectivity index (χ2n) is 6.32. The molecule has 1 aromatic carbocycles. The molecule has 1 saturated heterocycles. The average Bonchev–Trinajstić information content (AvgIpc) is 3.03. The third-order valence-corrected chi connectivity index (χ3v) is 4.77. The van der Waals surface area contributed by atoms with Crippen molar-refractivity contribution < 1.29 is 23.8 Å². The molecule has 0 bridgehead atoms. The quantitative estimate of drug-likeness (QED) is 0.879. The Morgan fingerprint density at radius 2 is 2.00 bits per heavy atom. The molecule has 0 radical (unpaired) electrons. The normalized spacial score (nSPS) is 18.2. The van der Waals surface area contributed by atoms with Crippen molar-refractivity contribution >= 4 is 22.8 Å². The van der Waals surface area contributed by atoms with Crippen molar-refractivity contribution in [3.8, 4) is 0 Å². The summed E-state index contributed by atoms with van der Waals surface area (Å²) in [6.45, 7) is 2.67. The number of benzene rings is 1. The van der Waals surface area contributed by atoms with E-state index in [9.17, 15) is 14.7 Å². The largest absolute Gasteiger partial charge is 0.481 e. The summed E-state index contributed by atoms with van der Waals surface area (Å²) >= 11 is 0. The fourth-order valence-electron chi connectivity index (χ4n) is 2.98. The number of para-hydroxylation sites is 1. The van der Waals surface area contributed by atoms with Gasteiger partial charge in [0, 0.05) is 25.1 Å². The summed E-state index contributed by atoms with van der Waals surface area (Å²) in [5.74, 6) is -1.03. The molecule has 2 N–H and O–H groups in total. The van der Waals surface area contributed by atoms with Crippen molar-refractivity contribution in [1.29, 1.82) is 0 Å². The van der Waals surface area contributed by atoms with Crippen LogP contribution >= 0.6 is 0 Å². The molecule has 1 unspecified atom stereocenters. The average molecular weight is 331 g/mol. The highest BCUT2D eigenvalue weighted by Gasteiger charge is 2.40. The summed E-state index contributed by atoms with van der Waals surface area (Å²) < 4.78 is 11.0. The van der Waals surface area contributed by atoms with E-state index in [2.05, 4.69) is 5.32 Å². The molecule has 0 spiro atoms. The smallest absolute Gasteiger partial charge is 0.311 e. The molecule has 1 atom stereocenters. The lowest BCUT2D eigenvalue weighted by molar-refractivity contribution is -0.154. The van der Waals surface area contributed by atoms with Crippen molar-refractivity contribution in [2.75, 3.05) is 19.8 Å². The third-order valence-electron chi connectivity index (χ3n) is 4.77. The van der Waals surface area contributed by atoms with Gasteiger partial charge >= 0.3 is 5.97 Å². The molecule has 2 heterocycles. The Hall–Kier alpha value is -2.34. The first kappa shape index (κ1) is 16.5. The highest BCUT2D eigenvalue weighted by atomic mass is 16.5. The summed E-state index contributed by atoms with van der Waals surface area (Å²) in [7, 11) is 0. The fraction of sp³-hybridized carbons (Fsp3) is 0.444. The molecule has 128 valence electrons. The summed E-state index contributed by atoms with van der Waals surface area (Å²) in [4.78, 5) is 24.1. The second kappa shape index (κ2) is 6.65. The van der Waals surface area contributed by atoms with Crippen molar-refractivity contribution in [2.45, 2.75) is 25.7 Å². The van der Waals surface area contributed by atoms with Crippen LogP contribution in [-0.4, -0.2) is 36.7 Å². The number of carbonyl (C=O) groups is 2. The summed E-state index contributed by atoms with van der Waals surface area (Å²) in [5, 5.41) is 13.3. The number of furan rings is 1. The number of rotatable bonds is 5. The highest BCUT2D eigenvalue weighted by Crippen LogP contribution is 2.31. The van der Waals surface area contributed by atoms with E-state index in [0.29, 0.717) is 31.8 Å². The summed E-state index contributed by atoms with van der Waals surface area (Å²) in [6, 6.07) is 9.41. The van der Waals surface area contributed by atoms with Crippen LogP contribution in [0.1, 0.15) is 31.4 Å². The van der Waals surface area contributed by atoms with Crippen LogP contribution in [-0.2, 0) is 14.3 Å². The number of carbonyl (C=O) groups excluding carboxylic acids is 1. The van der Waals surface area contributed by atoms with E-state index in [1.165, 1.54) is 0 Å². The Labute approximate surface area is 139 Å². The topological polar surface area (TPSA) is 88.8 Å². The third kappa shape index (κ3) is 3.14. The van der Waals surface area contributed by atoms with Gasteiger partial charge in [-0.3, -0.25) is 9.59 Å². The number of hydrogen-bond donors (Lipinski definition) is 2. The zero-order valence-electron chi connectivity index (χ0n) is 13.6. The molecule has 0 saturated carbocycles. The predicted molar refractivity (Wildman–Crippen MR) is 87.8 cm³/mol. The lowest BCUT2D eigenvalue weighted by Crippen LogP contribution is -2.47. The molecule has 1 aromatic heterocycles. The van der Waals surface area contributed by atoms with Crippen LogP contribution in [0.25, 0.3) is 11.0 Å². The fourth-order valence-corrected chi connectivity index (χ4v) is 2.98. The zero-order valence-corrected chi connectivity index (χ0v) is 13.6. The van der Waals surface area contributed by atoms with Crippen molar-refractivity contribution in [3.05, 3.63) is 36.1 Å². The minimum Gasteiger partial charge on any atom is -0.481 e. The second-order valence-corrected chi connectivity index (χ2v) is 6.32. The number of amides is 1. The molecular weight excluding hydrogens is 310 g/mol. The van der Waals surface area contributed by atoms with Crippen molar-refractivity contribution in [3.63, 3.8) is 0 Å². The Morgan fingerprint density at radius 1 is 1.29 bits per heavy atom. The molecule has 0 aliphatic carbocycles. The lowest BCUT2D eigenvalue weighted by Gasteiger charge is -2.33. The maximum atomic E-state index is 12.4. The van der Waals surface area contributed by atoms with Crippen LogP contribution < -0.4 is 5.32 Å². The van der Waals surface area contributed by atoms with Crippen LogP contribution in [0.15, 0.2) is 34.7 Å². The molecule has 1 aliphatic heterocycles. The number of carboxylic acids is 1. The molecule has 1 aliphatic rings. The summed E-state index contributed by atoms with van der Waals surface area (Å²) in [6.07, 6.45) is 0.809. The van der Waals surface area contributed by atoms with Crippen LogP contribution in [0, 0.1) is 5.41 Å². The van der Waals surface area contributed by atoms with Gasteiger partial charge in [-0.2, -0.15) is 0 Å². The van der Waals surface area contributed by atoms with Crippen LogP contribution in [0.4, 0.5) is 0 Å². The van der Waals surface area contributed by atoms with E-state index in [0.717, 1.165) is 11.0 Å². The molecule has 3 rings (SSSR count). The van der Waals surface area contributed by atoms with E-state index in [-0.39, 0.29) is 12.5 Å². The van der Waals surface area contributed by atoms with Gasteiger partial charge in [0.25, 0.3) is 0 Å². The highest BCUT2D eigenvalue weighted by molar-refractivity contribution is 5.86. The van der Waals surface area contributed by atoms with Crippen molar-refractivity contribution in [2.24, 2.45) is 5.41 Å². The zero-order chi connectivity index (χ0) is 17.2. The maximum Gasteiger partial charge on any atom is 0.311 e.